The number of methoxy groups -OCH3 is 1. The average molecular weight is 224 g/mol. The van der Waals surface area contributed by atoms with Gasteiger partial charge in [-0.05, 0) is 37.5 Å². The zero-order chi connectivity index (χ0) is 12.1. The van der Waals surface area contributed by atoms with Crippen molar-refractivity contribution < 1.29 is 14.6 Å². The third kappa shape index (κ3) is 3.22. The Balaban J connectivity index is 2.80. The lowest BCUT2D eigenvalue weighted by atomic mass is 10.1. The van der Waals surface area contributed by atoms with E-state index in [2.05, 4.69) is 0 Å². The van der Waals surface area contributed by atoms with Crippen molar-refractivity contribution in [2.75, 3.05) is 13.7 Å². The molecule has 1 N–H and O–H groups in total. The maximum Gasteiger partial charge on any atom is 0.125 e. The second-order valence-electron chi connectivity index (χ2n) is 4.07. The van der Waals surface area contributed by atoms with Crippen LogP contribution in [-0.2, 0) is 11.3 Å². The van der Waals surface area contributed by atoms with Crippen LogP contribution in [0.15, 0.2) is 12.1 Å². The summed E-state index contributed by atoms with van der Waals surface area (Å²) in [5.74, 6) is 0.890. The first kappa shape index (κ1) is 13.0. The summed E-state index contributed by atoms with van der Waals surface area (Å²) in [5.41, 5.74) is 3.02. The van der Waals surface area contributed by atoms with Crippen LogP contribution in [0.25, 0.3) is 0 Å². The number of benzene rings is 1. The number of hydrogen-bond donors (Lipinski definition) is 1. The summed E-state index contributed by atoms with van der Waals surface area (Å²) in [6, 6.07) is 3.89. The Bertz CT molecular complexity index is 324. The van der Waals surface area contributed by atoms with Crippen LogP contribution >= 0.6 is 0 Å². The van der Waals surface area contributed by atoms with Crippen molar-refractivity contribution in [1.82, 2.24) is 0 Å². The van der Waals surface area contributed by atoms with Gasteiger partial charge in [0.25, 0.3) is 0 Å². The predicted octanol–water partition coefficient (Wildman–Crippen LogP) is 2.21. The number of ether oxygens (including phenoxy) is 2. The Morgan fingerprint density at radius 3 is 2.25 bits per heavy atom. The fraction of sp³-hybridized carbons (Fsp3) is 0.538. The van der Waals surface area contributed by atoms with Crippen molar-refractivity contribution in [3.8, 4) is 5.75 Å². The maximum atomic E-state index is 9.07. The SMILES string of the molecule is COC(C)COc1c(C)cc(CO)cc1C. The van der Waals surface area contributed by atoms with E-state index in [-0.39, 0.29) is 12.7 Å². The zero-order valence-electron chi connectivity index (χ0n) is 10.4. The van der Waals surface area contributed by atoms with Gasteiger partial charge in [0.1, 0.15) is 12.4 Å². The number of aliphatic hydroxyl groups is 1. The lowest BCUT2D eigenvalue weighted by Gasteiger charge is -2.16. The van der Waals surface area contributed by atoms with E-state index >= 15 is 0 Å². The van der Waals surface area contributed by atoms with Crippen molar-refractivity contribution in [2.24, 2.45) is 0 Å². The van der Waals surface area contributed by atoms with E-state index in [0.717, 1.165) is 22.4 Å². The molecule has 3 heteroatoms. The summed E-state index contributed by atoms with van der Waals surface area (Å²) in [6.07, 6.45) is 0.0799. The van der Waals surface area contributed by atoms with Gasteiger partial charge in [-0.2, -0.15) is 0 Å². The largest absolute Gasteiger partial charge is 0.490 e. The van der Waals surface area contributed by atoms with Crippen molar-refractivity contribution in [3.63, 3.8) is 0 Å². The topological polar surface area (TPSA) is 38.7 Å². The molecule has 3 nitrogen and oxygen atoms in total. The molecule has 0 aliphatic carbocycles. The lowest BCUT2D eigenvalue weighted by molar-refractivity contribution is 0.0711. The highest BCUT2D eigenvalue weighted by molar-refractivity contribution is 5.43. The highest BCUT2D eigenvalue weighted by Gasteiger charge is 2.08. The molecule has 1 atom stereocenters. The molecular weight excluding hydrogens is 204 g/mol. The second-order valence-corrected chi connectivity index (χ2v) is 4.07. The van der Waals surface area contributed by atoms with Crippen LogP contribution in [0.4, 0.5) is 0 Å². The molecule has 0 heterocycles. The highest BCUT2D eigenvalue weighted by atomic mass is 16.5. The molecule has 90 valence electrons. The summed E-state index contributed by atoms with van der Waals surface area (Å²) < 4.78 is 10.8. The summed E-state index contributed by atoms with van der Waals surface area (Å²) >= 11 is 0. The van der Waals surface area contributed by atoms with E-state index in [0.29, 0.717) is 6.61 Å². The van der Waals surface area contributed by atoms with Gasteiger partial charge in [0.15, 0.2) is 0 Å². The van der Waals surface area contributed by atoms with Gasteiger partial charge in [-0.15, -0.1) is 0 Å². The Hall–Kier alpha value is -1.06. The van der Waals surface area contributed by atoms with E-state index < -0.39 is 0 Å². The van der Waals surface area contributed by atoms with Crippen molar-refractivity contribution >= 4 is 0 Å². The normalized spacial score (nSPS) is 12.6. The first-order valence-electron chi connectivity index (χ1n) is 5.45. The molecule has 0 aliphatic rings. The molecule has 0 amide bonds. The average Bonchev–Trinajstić information content (AvgIpc) is 2.27. The summed E-state index contributed by atoms with van der Waals surface area (Å²) in [7, 11) is 1.67. The van der Waals surface area contributed by atoms with Gasteiger partial charge in [0.2, 0.25) is 0 Å². The molecular formula is C13H20O3. The predicted molar refractivity (Wildman–Crippen MR) is 63.8 cm³/mol. The Morgan fingerprint density at radius 1 is 1.25 bits per heavy atom. The van der Waals surface area contributed by atoms with Gasteiger partial charge >= 0.3 is 0 Å². The molecule has 0 saturated carbocycles. The van der Waals surface area contributed by atoms with E-state index in [1.165, 1.54) is 0 Å². The lowest BCUT2D eigenvalue weighted by Crippen LogP contribution is -2.16. The van der Waals surface area contributed by atoms with E-state index in [9.17, 15) is 0 Å². The minimum absolute atomic E-state index is 0.0659. The van der Waals surface area contributed by atoms with Crippen LogP contribution < -0.4 is 4.74 Å². The first-order valence-corrected chi connectivity index (χ1v) is 5.45. The molecule has 0 aromatic heterocycles. The van der Waals surface area contributed by atoms with Gasteiger partial charge in [-0.1, -0.05) is 12.1 Å². The summed E-state index contributed by atoms with van der Waals surface area (Å²) in [6.45, 7) is 6.54. The Morgan fingerprint density at radius 2 is 1.81 bits per heavy atom. The van der Waals surface area contributed by atoms with Crippen LogP contribution in [0.3, 0.4) is 0 Å². The van der Waals surface area contributed by atoms with Crippen molar-refractivity contribution in [2.45, 2.75) is 33.5 Å². The quantitative estimate of drug-likeness (QED) is 0.833. The molecule has 16 heavy (non-hydrogen) atoms. The van der Waals surface area contributed by atoms with Crippen LogP contribution in [0.5, 0.6) is 5.75 Å². The van der Waals surface area contributed by atoms with Crippen molar-refractivity contribution in [1.29, 1.82) is 0 Å². The second kappa shape index (κ2) is 5.87. The van der Waals surface area contributed by atoms with E-state index in [4.69, 9.17) is 14.6 Å². The van der Waals surface area contributed by atoms with Gasteiger partial charge in [-0.3, -0.25) is 0 Å². The maximum absolute atomic E-state index is 9.07. The molecule has 1 rings (SSSR count). The Labute approximate surface area is 97.0 Å². The highest BCUT2D eigenvalue weighted by Crippen LogP contribution is 2.25. The molecule has 1 unspecified atom stereocenters. The fourth-order valence-electron chi connectivity index (χ4n) is 1.63. The molecule has 0 bridgehead atoms. The Kier molecular flexibility index (Phi) is 4.77. The standard InChI is InChI=1S/C13H20O3/c1-9-5-12(7-14)6-10(2)13(9)16-8-11(3)15-4/h5-6,11,14H,7-8H2,1-4H3. The minimum atomic E-state index is 0.0659. The molecule has 0 radical (unpaired) electrons. The molecule has 0 fully saturated rings. The van der Waals surface area contributed by atoms with Crippen LogP contribution in [0.2, 0.25) is 0 Å². The number of aryl methyl sites for hydroxylation is 2. The van der Waals surface area contributed by atoms with E-state index in [1.54, 1.807) is 7.11 Å². The monoisotopic (exact) mass is 224 g/mol. The summed E-state index contributed by atoms with van der Waals surface area (Å²) in [4.78, 5) is 0. The zero-order valence-corrected chi connectivity index (χ0v) is 10.4. The first-order chi connectivity index (χ1) is 7.58. The number of hydrogen-bond acceptors (Lipinski definition) is 3. The smallest absolute Gasteiger partial charge is 0.125 e. The van der Waals surface area contributed by atoms with E-state index in [1.807, 2.05) is 32.9 Å². The van der Waals surface area contributed by atoms with Crippen LogP contribution in [0.1, 0.15) is 23.6 Å². The molecule has 0 saturated heterocycles. The minimum Gasteiger partial charge on any atom is -0.490 e. The number of rotatable bonds is 5. The third-order valence-corrected chi connectivity index (χ3v) is 2.57. The van der Waals surface area contributed by atoms with Crippen LogP contribution in [0, 0.1) is 13.8 Å². The van der Waals surface area contributed by atoms with Gasteiger partial charge in [-0.25, -0.2) is 0 Å². The third-order valence-electron chi connectivity index (χ3n) is 2.57. The van der Waals surface area contributed by atoms with Crippen LogP contribution in [-0.4, -0.2) is 24.9 Å². The fourth-order valence-corrected chi connectivity index (χ4v) is 1.63. The van der Waals surface area contributed by atoms with Gasteiger partial charge < -0.3 is 14.6 Å². The van der Waals surface area contributed by atoms with Gasteiger partial charge in [0.05, 0.1) is 12.7 Å². The van der Waals surface area contributed by atoms with Crippen molar-refractivity contribution in [3.05, 3.63) is 28.8 Å². The summed E-state index contributed by atoms with van der Waals surface area (Å²) in [5, 5.41) is 9.07. The molecule has 1 aromatic carbocycles. The number of aliphatic hydroxyl groups excluding tert-OH is 1. The molecule has 1 aromatic rings. The van der Waals surface area contributed by atoms with Gasteiger partial charge in [0, 0.05) is 7.11 Å². The molecule has 0 aliphatic heterocycles. The molecule has 0 spiro atoms.